The minimum absolute atomic E-state index is 0.880. The van der Waals surface area contributed by atoms with Gasteiger partial charge >= 0.3 is 21.8 Å². The number of halogens is 12. The maximum absolute atomic E-state index is 9.75. The van der Waals surface area contributed by atoms with E-state index >= 15 is 0 Å². The van der Waals surface area contributed by atoms with Crippen molar-refractivity contribution in [1.29, 1.82) is 0 Å². The van der Waals surface area contributed by atoms with Crippen molar-refractivity contribution in [2.75, 3.05) is 5.32 Å². The number of nitrogens with one attached hydrogen (secondary N) is 1. The zero-order valence-corrected chi connectivity index (χ0v) is 14.2. The van der Waals surface area contributed by atoms with Crippen LogP contribution in [0.3, 0.4) is 0 Å². The summed E-state index contributed by atoms with van der Waals surface area (Å²) in [6, 6.07) is 20.6. The average molecular weight is 444 g/mol. The minimum Gasteiger partial charge on any atom is -0.418 e. The standard InChI is InChI=1S/C13H13N.3BF4/c1-3-7-12(8-4-1)11-14-13-9-5-2-6-10-13;3*2-1(3,4)5/h1-10,14H,11H2;;;/q;3*-1. The van der Waals surface area contributed by atoms with Crippen molar-refractivity contribution in [3.8, 4) is 0 Å². The fraction of sp³-hybridized carbons (Fsp3) is 0.0769. The van der Waals surface area contributed by atoms with Crippen LogP contribution in [0, 0.1) is 0 Å². The summed E-state index contributed by atoms with van der Waals surface area (Å²) >= 11 is 0. The molecule has 0 aliphatic heterocycles. The highest BCUT2D eigenvalue weighted by molar-refractivity contribution is 6.50. The molecule has 0 radical (unpaired) electrons. The van der Waals surface area contributed by atoms with E-state index in [0.717, 1.165) is 12.2 Å². The molecule has 0 saturated heterocycles. The summed E-state index contributed by atoms with van der Waals surface area (Å²) in [4.78, 5) is 0. The molecule has 0 saturated carbocycles. The van der Waals surface area contributed by atoms with E-state index in [1.807, 2.05) is 24.3 Å². The summed E-state index contributed by atoms with van der Waals surface area (Å²) in [5.74, 6) is 0. The second-order valence-electron chi connectivity index (χ2n) is 4.69. The number of para-hydroxylation sites is 1. The van der Waals surface area contributed by atoms with Gasteiger partial charge in [-0.2, -0.15) is 0 Å². The van der Waals surface area contributed by atoms with Gasteiger partial charge in [-0.1, -0.05) is 48.5 Å². The van der Waals surface area contributed by atoms with Crippen LogP contribution in [0.4, 0.5) is 57.5 Å². The van der Waals surface area contributed by atoms with E-state index in [9.17, 15) is 51.8 Å². The predicted octanol–water partition coefficient (Wildman–Crippen LogP) is 7.20. The number of anilines is 1. The summed E-state index contributed by atoms with van der Waals surface area (Å²) in [6.45, 7) is 0.880. The van der Waals surface area contributed by atoms with Crippen LogP contribution < -0.4 is 5.32 Å². The smallest absolute Gasteiger partial charge is 0.418 e. The van der Waals surface area contributed by atoms with Crippen LogP contribution in [-0.4, -0.2) is 21.8 Å². The van der Waals surface area contributed by atoms with Gasteiger partial charge in [-0.25, -0.2) is 0 Å². The number of hydrogen-bond acceptors (Lipinski definition) is 1. The van der Waals surface area contributed by atoms with Gasteiger partial charge in [0, 0.05) is 12.2 Å². The van der Waals surface area contributed by atoms with Crippen LogP contribution in [0.25, 0.3) is 0 Å². The highest BCUT2D eigenvalue weighted by atomic mass is 19.5. The Kier molecular flexibility index (Phi) is 13.6. The molecule has 1 nitrogen and oxygen atoms in total. The van der Waals surface area contributed by atoms with E-state index in [-0.39, 0.29) is 0 Å². The molecule has 0 bridgehead atoms. The van der Waals surface area contributed by atoms with Gasteiger partial charge < -0.3 is 57.1 Å². The van der Waals surface area contributed by atoms with Gasteiger partial charge in [-0.05, 0) is 17.7 Å². The van der Waals surface area contributed by atoms with Crippen LogP contribution in [0.15, 0.2) is 60.7 Å². The molecular weight excluding hydrogens is 431 g/mol. The first-order chi connectivity index (χ1) is 12.9. The van der Waals surface area contributed by atoms with Crippen LogP contribution in [-0.2, 0) is 6.54 Å². The number of rotatable bonds is 3. The topological polar surface area (TPSA) is 12.0 Å². The summed E-state index contributed by atoms with van der Waals surface area (Å²) in [7, 11) is -18.0. The van der Waals surface area contributed by atoms with Crippen LogP contribution >= 0.6 is 0 Å². The van der Waals surface area contributed by atoms with Gasteiger partial charge in [0.15, 0.2) is 0 Å². The molecule has 0 amide bonds. The van der Waals surface area contributed by atoms with Crippen molar-refractivity contribution in [2.24, 2.45) is 0 Å². The molecular formula is C13H13B3F12N-3. The quantitative estimate of drug-likeness (QED) is 0.391. The van der Waals surface area contributed by atoms with Gasteiger partial charge in [0.05, 0.1) is 0 Å². The molecule has 2 aromatic carbocycles. The zero-order valence-electron chi connectivity index (χ0n) is 14.2. The SMILES string of the molecule is F[B-](F)(F)F.F[B-](F)(F)F.F[B-](F)(F)F.c1ccc(CNc2ccccc2)cc1. The van der Waals surface area contributed by atoms with Crippen molar-refractivity contribution < 1.29 is 51.8 Å². The van der Waals surface area contributed by atoms with E-state index in [0.29, 0.717) is 0 Å². The highest BCUT2D eigenvalue weighted by Gasteiger charge is 2.21. The average Bonchev–Trinajstić information content (AvgIpc) is 2.50. The van der Waals surface area contributed by atoms with Gasteiger partial charge in [0.2, 0.25) is 0 Å². The molecule has 0 fully saturated rings. The molecule has 0 atom stereocenters. The molecule has 0 aromatic heterocycles. The Morgan fingerprint density at radius 2 is 0.759 bits per heavy atom. The molecule has 0 heterocycles. The summed E-state index contributed by atoms with van der Waals surface area (Å²) in [5, 5.41) is 3.36. The lowest BCUT2D eigenvalue weighted by Gasteiger charge is -2.05. The summed E-state index contributed by atoms with van der Waals surface area (Å²) in [6.07, 6.45) is 0. The lowest BCUT2D eigenvalue weighted by atomic mass is 10.2. The Morgan fingerprint density at radius 3 is 1.07 bits per heavy atom. The van der Waals surface area contributed by atoms with Crippen LogP contribution in [0.2, 0.25) is 0 Å². The molecule has 0 spiro atoms. The van der Waals surface area contributed by atoms with Crippen molar-refractivity contribution >= 4 is 27.5 Å². The Labute approximate surface area is 158 Å². The van der Waals surface area contributed by atoms with Gasteiger partial charge in [0.25, 0.3) is 0 Å². The number of benzene rings is 2. The van der Waals surface area contributed by atoms with E-state index in [1.165, 1.54) is 5.56 Å². The second-order valence-corrected chi connectivity index (χ2v) is 4.69. The van der Waals surface area contributed by atoms with Crippen LogP contribution in [0.5, 0.6) is 0 Å². The van der Waals surface area contributed by atoms with Crippen molar-refractivity contribution in [3.05, 3.63) is 66.2 Å². The highest BCUT2D eigenvalue weighted by Crippen LogP contribution is 2.08. The zero-order chi connectivity index (χ0) is 23.1. The normalized spacial score (nSPS) is 10.9. The van der Waals surface area contributed by atoms with Gasteiger partial charge in [-0.15, -0.1) is 0 Å². The molecule has 2 rings (SSSR count). The lowest BCUT2D eigenvalue weighted by Crippen LogP contribution is -2.02. The summed E-state index contributed by atoms with van der Waals surface area (Å²) in [5.41, 5.74) is 2.47. The summed E-state index contributed by atoms with van der Waals surface area (Å²) < 4.78 is 117. The Hall–Kier alpha value is -2.41. The van der Waals surface area contributed by atoms with Crippen molar-refractivity contribution in [1.82, 2.24) is 0 Å². The number of hydrogen-bond donors (Lipinski definition) is 1. The fourth-order valence-corrected chi connectivity index (χ4v) is 1.36. The maximum Gasteiger partial charge on any atom is 0.673 e. The van der Waals surface area contributed by atoms with Crippen LogP contribution in [0.1, 0.15) is 5.56 Å². The minimum atomic E-state index is -6.00. The van der Waals surface area contributed by atoms with Gasteiger partial charge in [-0.3, -0.25) is 0 Å². The molecule has 2 aromatic rings. The van der Waals surface area contributed by atoms with E-state index in [2.05, 4.69) is 41.7 Å². The lowest BCUT2D eigenvalue weighted by molar-refractivity contribution is 0.366. The van der Waals surface area contributed by atoms with Gasteiger partial charge in [0.1, 0.15) is 0 Å². The van der Waals surface area contributed by atoms with E-state index < -0.39 is 21.8 Å². The molecule has 1 N–H and O–H groups in total. The largest absolute Gasteiger partial charge is 0.673 e. The van der Waals surface area contributed by atoms with Crippen molar-refractivity contribution in [2.45, 2.75) is 6.54 Å². The maximum atomic E-state index is 9.75. The molecule has 166 valence electrons. The fourth-order valence-electron chi connectivity index (χ4n) is 1.36. The third-order valence-corrected chi connectivity index (χ3v) is 2.11. The van der Waals surface area contributed by atoms with E-state index in [1.54, 1.807) is 0 Å². The first kappa shape index (κ1) is 28.8. The Bertz CT molecular complexity index is 545. The Morgan fingerprint density at radius 1 is 0.483 bits per heavy atom. The molecule has 16 heteroatoms. The molecule has 0 aliphatic carbocycles. The molecule has 29 heavy (non-hydrogen) atoms. The predicted molar refractivity (Wildman–Crippen MR) is 90.8 cm³/mol. The first-order valence-corrected chi connectivity index (χ1v) is 7.40. The molecule has 0 aliphatic rings. The van der Waals surface area contributed by atoms with Crippen molar-refractivity contribution in [3.63, 3.8) is 0 Å². The first-order valence-electron chi connectivity index (χ1n) is 7.40. The monoisotopic (exact) mass is 444 g/mol. The second kappa shape index (κ2) is 13.7. The van der Waals surface area contributed by atoms with E-state index in [4.69, 9.17) is 0 Å². The Balaban J connectivity index is 0. The third kappa shape index (κ3) is 41.2. The third-order valence-electron chi connectivity index (χ3n) is 2.11. The molecule has 0 unspecified atom stereocenters.